The van der Waals surface area contributed by atoms with Gasteiger partial charge in [0.15, 0.2) is 0 Å². The van der Waals surface area contributed by atoms with E-state index in [9.17, 15) is 18.0 Å². The molecule has 0 aliphatic heterocycles. The van der Waals surface area contributed by atoms with E-state index in [0.29, 0.717) is 0 Å². The summed E-state index contributed by atoms with van der Waals surface area (Å²) in [7, 11) is 0. The van der Waals surface area contributed by atoms with Crippen molar-refractivity contribution in [2.45, 2.75) is 38.4 Å². The second-order valence-corrected chi connectivity index (χ2v) is 8.16. The van der Waals surface area contributed by atoms with Crippen LogP contribution in [0.5, 0.6) is 0 Å². The first-order valence-electron chi connectivity index (χ1n) is 8.32. The van der Waals surface area contributed by atoms with Crippen molar-refractivity contribution in [3.8, 4) is 11.8 Å². The SMILES string of the molecule is CC(C)(C(=O)Nc1ccc(C(F)(F)F)cc1C#CC1CC1)n1cc(I)cn1. The smallest absolute Gasteiger partial charge is 0.323 e. The number of anilines is 1. The summed E-state index contributed by atoms with van der Waals surface area (Å²) in [5, 5.41) is 6.87. The lowest BCUT2D eigenvalue weighted by Gasteiger charge is -2.24. The molecule has 1 saturated carbocycles. The maximum Gasteiger partial charge on any atom is 0.416 e. The van der Waals surface area contributed by atoms with Gasteiger partial charge in [-0.15, -0.1) is 0 Å². The Bertz CT molecular complexity index is 934. The number of hydrogen-bond acceptors (Lipinski definition) is 2. The van der Waals surface area contributed by atoms with Crippen LogP contribution in [0.2, 0.25) is 0 Å². The standard InChI is InChI=1S/C19H17F3IN3O/c1-18(2,26-11-15(23)10-24-26)17(27)25-16-8-7-14(19(20,21)22)9-13(16)6-5-12-3-4-12/h7-12H,3-4H2,1-2H3,(H,25,27). The normalized spacial score (nSPS) is 14.4. The predicted molar refractivity (Wildman–Crippen MR) is 104 cm³/mol. The highest BCUT2D eigenvalue weighted by Gasteiger charge is 2.33. The summed E-state index contributed by atoms with van der Waals surface area (Å²) in [5.74, 6) is 5.59. The number of aromatic nitrogens is 2. The highest BCUT2D eigenvalue weighted by atomic mass is 127. The molecule has 1 aliphatic carbocycles. The zero-order chi connectivity index (χ0) is 19.8. The van der Waals surface area contributed by atoms with Gasteiger partial charge in [-0.25, -0.2) is 0 Å². The van der Waals surface area contributed by atoms with Gasteiger partial charge in [0, 0.05) is 17.7 Å². The number of nitrogens with zero attached hydrogens (tertiary/aromatic N) is 2. The molecular formula is C19H17F3IN3O. The minimum Gasteiger partial charge on any atom is -0.323 e. The monoisotopic (exact) mass is 487 g/mol. The fourth-order valence-electron chi connectivity index (χ4n) is 2.33. The predicted octanol–water partition coefficient (Wildman–Crippen LogP) is 4.64. The Kier molecular flexibility index (Phi) is 5.25. The number of hydrogen-bond donors (Lipinski definition) is 1. The Morgan fingerprint density at radius 1 is 1.33 bits per heavy atom. The van der Waals surface area contributed by atoms with Crippen LogP contribution in [-0.2, 0) is 16.5 Å². The Morgan fingerprint density at radius 3 is 2.59 bits per heavy atom. The summed E-state index contributed by atoms with van der Waals surface area (Å²) in [6, 6.07) is 3.18. The molecule has 3 rings (SSSR count). The van der Waals surface area contributed by atoms with Gasteiger partial charge in [0.1, 0.15) is 5.54 Å². The quantitative estimate of drug-likeness (QED) is 0.507. The van der Waals surface area contributed by atoms with Crippen LogP contribution < -0.4 is 5.32 Å². The van der Waals surface area contributed by atoms with Gasteiger partial charge in [-0.1, -0.05) is 11.8 Å². The molecule has 1 aromatic carbocycles. The summed E-state index contributed by atoms with van der Waals surface area (Å²) in [6.45, 7) is 3.37. The number of benzene rings is 1. The van der Waals surface area contributed by atoms with E-state index in [2.05, 4.69) is 44.8 Å². The van der Waals surface area contributed by atoms with E-state index in [1.807, 2.05) is 0 Å². The third-order valence-corrected chi connectivity index (χ3v) is 4.82. The largest absolute Gasteiger partial charge is 0.416 e. The average Bonchev–Trinajstić information content (AvgIpc) is 3.31. The summed E-state index contributed by atoms with van der Waals surface area (Å²) >= 11 is 2.09. The van der Waals surface area contributed by atoms with Crippen LogP contribution in [0.4, 0.5) is 18.9 Å². The van der Waals surface area contributed by atoms with Crippen molar-refractivity contribution in [2.75, 3.05) is 5.32 Å². The Morgan fingerprint density at radius 2 is 2.04 bits per heavy atom. The first-order valence-corrected chi connectivity index (χ1v) is 9.40. The first kappa shape index (κ1) is 19.7. The molecule has 1 aromatic heterocycles. The number of amides is 1. The zero-order valence-electron chi connectivity index (χ0n) is 14.7. The van der Waals surface area contributed by atoms with Crippen molar-refractivity contribution in [1.29, 1.82) is 0 Å². The molecule has 0 bridgehead atoms. The third-order valence-electron chi connectivity index (χ3n) is 4.26. The van der Waals surface area contributed by atoms with Crippen molar-refractivity contribution in [1.82, 2.24) is 9.78 Å². The second-order valence-electron chi connectivity index (χ2n) is 6.92. The summed E-state index contributed by atoms with van der Waals surface area (Å²) in [4.78, 5) is 12.8. The number of nitrogens with one attached hydrogen (secondary N) is 1. The van der Waals surface area contributed by atoms with Crippen molar-refractivity contribution in [3.63, 3.8) is 0 Å². The number of alkyl halides is 3. The van der Waals surface area contributed by atoms with Crippen LogP contribution in [0, 0.1) is 21.3 Å². The van der Waals surface area contributed by atoms with Crippen molar-refractivity contribution in [3.05, 3.63) is 45.3 Å². The molecule has 0 unspecified atom stereocenters. The highest BCUT2D eigenvalue weighted by Crippen LogP contribution is 2.33. The van der Waals surface area contributed by atoms with E-state index in [4.69, 9.17) is 0 Å². The molecule has 1 heterocycles. The van der Waals surface area contributed by atoms with Gasteiger partial charge >= 0.3 is 6.18 Å². The van der Waals surface area contributed by atoms with Gasteiger partial charge < -0.3 is 5.32 Å². The van der Waals surface area contributed by atoms with Crippen molar-refractivity contribution >= 4 is 34.2 Å². The molecule has 142 valence electrons. The lowest BCUT2D eigenvalue weighted by atomic mass is 10.0. The Balaban J connectivity index is 1.91. The van der Waals surface area contributed by atoms with Gasteiger partial charge in [-0.05, 0) is 67.5 Å². The molecule has 1 N–H and O–H groups in total. The van der Waals surface area contributed by atoms with Crippen molar-refractivity contribution in [2.24, 2.45) is 5.92 Å². The second kappa shape index (κ2) is 7.19. The zero-order valence-corrected chi connectivity index (χ0v) is 16.9. The van der Waals surface area contributed by atoms with Gasteiger partial charge in [0.2, 0.25) is 0 Å². The molecule has 0 atom stereocenters. The van der Waals surface area contributed by atoms with Crippen LogP contribution >= 0.6 is 22.6 Å². The molecule has 27 heavy (non-hydrogen) atoms. The van der Waals surface area contributed by atoms with E-state index in [0.717, 1.165) is 28.5 Å². The lowest BCUT2D eigenvalue weighted by Crippen LogP contribution is -2.40. The van der Waals surface area contributed by atoms with Gasteiger partial charge in [-0.2, -0.15) is 18.3 Å². The fraction of sp³-hybridized carbons (Fsp3) is 0.368. The Hall–Kier alpha value is -2.02. The maximum atomic E-state index is 13.0. The number of rotatable bonds is 3. The lowest BCUT2D eigenvalue weighted by molar-refractivity contribution is -0.137. The number of halogens is 4. The van der Waals surface area contributed by atoms with Crippen LogP contribution in [0.25, 0.3) is 0 Å². The highest BCUT2D eigenvalue weighted by molar-refractivity contribution is 14.1. The van der Waals surface area contributed by atoms with E-state index in [1.54, 1.807) is 26.2 Å². The molecule has 0 radical (unpaired) electrons. The molecule has 0 spiro atoms. The van der Waals surface area contributed by atoms with Crippen LogP contribution in [0.3, 0.4) is 0 Å². The minimum absolute atomic E-state index is 0.163. The topological polar surface area (TPSA) is 46.9 Å². The summed E-state index contributed by atoms with van der Waals surface area (Å²) < 4.78 is 41.5. The maximum absolute atomic E-state index is 13.0. The summed E-state index contributed by atoms with van der Waals surface area (Å²) in [5.41, 5.74) is -1.39. The molecule has 0 saturated heterocycles. The van der Waals surface area contributed by atoms with Gasteiger partial charge in [0.05, 0.1) is 21.0 Å². The molecule has 8 heteroatoms. The molecular weight excluding hydrogens is 470 g/mol. The number of carbonyl (C=O) groups is 1. The van der Waals surface area contributed by atoms with E-state index >= 15 is 0 Å². The Labute approximate surface area is 168 Å². The first-order chi connectivity index (χ1) is 12.6. The van der Waals surface area contributed by atoms with Crippen LogP contribution in [0.15, 0.2) is 30.6 Å². The fourth-order valence-corrected chi connectivity index (χ4v) is 2.71. The molecule has 1 fully saturated rings. The third kappa shape index (κ3) is 4.64. The number of carbonyl (C=O) groups excluding carboxylic acids is 1. The summed E-state index contributed by atoms with van der Waals surface area (Å²) in [6.07, 6.45) is 0.793. The van der Waals surface area contributed by atoms with E-state index in [-0.39, 0.29) is 17.2 Å². The van der Waals surface area contributed by atoms with Crippen molar-refractivity contribution < 1.29 is 18.0 Å². The average molecular weight is 487 g/mol. The molecule has 2 aromatic rings. The van der Waals surface area contributed by atoms with Crippen LogP contribution in [-0.4, -0.2) is 15.7 Å². The molecule has 1 amide bonds. The minimum atomic E-state index is -4.47. The van der Waals surface area contributed by atoms with Gasteiger partial charge in [0.25, 0.3) is 5.91 Å². The molecule has 1 aliphatic rings. The van der Waals surface area contributed by atoms with E-state index < -0.39 is 23.2 Å². The molecule has 4 nitrogen and oxygen atoms in total. The van der Waals surface area contributed by atoms with Gasteiger partial charge in [-0.3, -0.25) is 9.48 Å². The van der Waals surface area contributed by atoms with Crippen LogP contribution in [0.1, 0.15) is 37.8 Å². The van der Waals surface area contributed by atoms with E-state index in [1.165, 1.54) is 10.7 Å².